The van der Waals surface area contributed by atoms with Crippen molar-refractivity contribution in [3.05, 3.63) is 30.3 Å². The predicted molar refractivity (Wildman–Crippen MR) is 94.7 cm³/mol. The molecule has 0 spiro atoms. The van der Waals surface area contributed by atoms with Gasteiger partial charge >= 0.3 is 0 Å². The van der Waals surface area contributed by atoms with E-state index in [2.05, 4.69) is 60.0 Å². The number of hydrogen-bond acceptors (Lipinski definition) is 3. The zero-order valence-electron chi connectivity index (χ0n) is 14.7. The molecule has 2 saturated heterocycles. The molecular weight excluding hydrogens is 286 g/mol. The molecule has 4 nitrogen and oxygen atoms in total. The fraction of sp³-hybridized carbons (Fsp3) is 0.632. The third kappa shape index (κ3) is 3.52. The molecule has 2 fully saturated rings. The summed E-state index contributed by atoms with van der Waals surface area (Å²) in [5.74, 6) is 0.327. The Morgan fingerprint density at radius 1 is 1.26 bits per heavy atom. The molecule has 1 atom stereocenters. The Morgan fingerprint density at radius 3 is 2.61 bits per heavy atom. The van der Waals surface area contributed by atoms with Crippen LogP contribution in [0.1, 0.15) is 26.2 Å². The highest BCUT2D eigenvalue weighted by Gasteiger charge is 2.44. The molecule has 1 aromatic rings. The molecule has 4 heteroatoms. The van der Waals surface area contributed by atoms with Crippen LogP contribution in [0.15, 0.2) is 30.3 Å². The van der Waals surface area contributed by atoms with Crippen molar-refractivity contribution in [1.29, 1.82) is 0 Å². The van der Waals surface area contributed by atoms with Gasteiger partial charge in [0.05, 0.1) is 0 Å². The van der Waals surface area contributed by atoms with E-state index in [1.807, 2.05) is 6.07 Å². The second-order valence-electron chi connectivity index (χ2n) is 7.75. The maximum atomic E-state index is 12.9. The monoisotopic (exact) mass is 315 g/mol. The minimum Gasteiger partial charge on any atom is -0.360 e. The normalized spacial score (nSPS) is 23.2. The van der Waals surface area contributed by atoms with Gasteiger partial charge in [-0.05, 0) is 52.0 Å². The third-order valence-corrected chi connectivity index (χ3v) is 5.25. The molecule has 1 unspecified atom stereocenters. The lowest BCUT2D eigenvalue weighted by Gasteiger charge is -2.50. The van der Waals surface area contributed by atoms with Gasteiger partial charge in [-0.2, -0.15) is 0 Å². The smallest absolute Gasteiger partial charge is 0.245 e. The summed E-state index contributed by atoms with van der Waals surface area (Å²) in [5, 5.41) is 0. The van der Waals surface area contributed by atoms with Crippen LogP contribution in [0.5, 0.6) is 0 Å². The summed E-state index contributed by atoms with van der Waals surface area (Å²) >= 11 is 0. The summed E-state index contributed by atoms with van der Waals surface area (Å²) in [6.45, 7) is 6.23. The molecule has 0 radical (unpaired) electrons. The van der Waals surface area contributed by atoms with Crippen LogP contribution in [0.25, 0.3) is 0 Å². The number of carbonyl (C=O) groups excluding carboxylic acids is 1. The van der Waals surface area contributed by atoms with Crippen molar-refractivity contribution in [2.24, 2.45) is 5.41 Å². The standard InChI is InChI=1S/C19H29N3O/c1-19(11-13-20(2)3)14-21(15-19)18(23)17-10-7-12-22(17)16-8-5-4-6-9-16/h4-6,8-9,17H,7,10-15H2,1-3H3. The van der Waals surface area contributed by atoms with Crippen molar-refractivity contribution >= 4 is 11.6 Å². The topological polar surface area (TPSA) is 26.8 Å². The average Bonchev–Trinajstić information content (AvgIpc) is 3.00. The van der Waals surface area contributed by atoms with Crippen LogP contribution in [-0.2, 0) is 4.79 Å². The Kier molecular flexibility index (Phi) is 4.62. The van der Waals surface area contributed by atoms with Gasteiger partial charge in [-0.25, -0.2) is 0 Å². The van der Waals surface area contributed by atoms with Crippen molar-refractivity contribution < 1.29 is 4.79 Å². The van der Waals surface area contributed by atoms with E-state index >= 15 is 0 Å². The number of para-hydroxylation sites is 1. The number of nitrogens with zero attached hydrogens (tertiary/aromatic N) is 3. The average molecular weight is 315 g/mol. The Labute approximate surface area is 140 Å². The van der Waals surface area contributed by atoms with E-state index in [1.165, 1.54) is 5.69 Å². The number of rotatable bonds is 5. The highest BCUT2D eigenvalue weighted by Crippen LogP contribution is 2.36. The summed E-state index contributed by atoms with van der Waals surface area (Å²) in [7, 11) is 4.22. The van der Waals surface area contributed by atoms with Crippen LogP contribution < -0.4 is 4.90 Å². The first-order chi connectivity index (χ1) is 11.0. The Balaban J connectivity index is 1.59. The van der Waals surface area contributed by atoms with Gasteiger partial charge in [0.25, 0.3) is 0 Å². The quantitative estimate of drug-likeness (QED) is 0.835. The first kappa shape index (κ1) is 16.3. The summed E-state index contributed by atoms with van der Waals surface area (Å²) in [6, 6.07) is 10.4. The lowest BCUT2D eigenvalue weighted by molar-refractivity contribution is -0.144. The molecule has 1 aromatic carbocycles. The fourth-order valence-corrected chi connectivity index (χ4v) is 3.85. The van der Waals surface area contributed by atoms with E-state index in [0.29, 0.717) is 11.3 Å². The van der Waals surface area contributed by atoms with E-state index in [9.17, 15) is 4.79 Å². The minimum atomic E-state index is 0.0378. The number of likely N-dealkylation sites (tertiary alicyclic amines) is 1. The van der Waals surface area contributed by atoms with Crippen molar-refractivity contribution in [3.63, 3.8) is 0 Å². The van der Waals surface area contributed by atoms with Gasteiger partial charge in [-0.3, -0.25) is 4.79 Å². The molecule has 0 aromatic heterocycles. The molecule has 2 aliphatic heterocycles. The first-order valence-electron chi connectivity index (χ1n) is 8.74. The van der Waals surface area contributed by atoms with Crippen LogP contribution in [-0.4, -0.2) is 62.0 Å². The summed E-state index contributed by atoms with van der Waals surface area (Å²) in [4.78, 5) is 19.5. The van der Waals surface area contributed by atoms with Gasteiger partial charge in [0, 0.05) is 30.7 Å². The van der Waals surface area contributed by atoms with E-state index in [0.717, 1.165) is 45.4 Å². The lowest BCUT2D eigenvalue weighted by Crippen LogP contribution is -2.61. The van der Waals surface area contributed by atoms with E-state index in [-0.39, 0.29) is 6.04 Å². The maximum absolute atomic E-state index is 12.9. The SMILES string of the molecule is CN(C)CCC1(C)CN(C(=O)C2CCCN2c2ccccc2)C1. The van der Waals surface area contributed by atoms with Crippen molar-refractivity contribution in [2.45, 2.75) is 32.2 Å². The van der Waals surface area contributed by atoms with E-state index < -0.39 is 0 Å². The molecule has 0 aliphatic carbocycles. The van der Waals surface area contributed by atoms with E-state index in [4.69, 9.17) is 0 Å². The number of hydrogen-bond donors (Lipinski definition) is 0. The van der Waals surface area contributed by atoms with Crippen molar-refractivity contribution in [2.75, 3.05) is 45.2 Å². The van der Waals surface area contributed by atoms with Crippen LogP contribution in [0, 0.1) is 5.41 Å². The number of carbonyl (C=O) groups is 1. The van der Waals surface area contributed by atoms with Crippen LogP contribution >= 0.6 is 0 Å². The predicted octanol–water partition coefficient (Wildman–Crippen LogP) is 2.46. The Hall–Kier alpha value is -1.55. The molecule has 0 N–H and O–H groups in total. The largest absolute Gasteiger partial charge is 0.360 e. The summed E-state index contributed by atoms with van der Waals surface area (Å²) in [5.41, 5.74) is 1.48. The number of benzene rings is 1. The fourth-order valence-electron chi connectivity index (χ4n) is 3.85. The van der Waals surface area contributed by atoms with Crippen molar-refractivity contribution in [1.82, 2.24) is 9.80 Å². The molecule has 0 bridgehead atoms. The lowest BCUT2D eigenvalue weighted by atomic mass is 9.78. The van der Waals surface area contributed by atoms with E-state index in [1.54, 1.807) is 0 Å². The zero-order valence-corrected chi connectivity index (χ0v) is 14.7. The molecule has 2 heterocycles. The Bertz CT molecular complexity index is 537. The van der Waals surface area contributed by atoms with Crippen LogP contribution in [0.2, 0.25) is 0 Å². The van der Waals surface area contributed by atoms with Crippen LogP contribution in [0.3, 0.4) is 0 Å². The molecule has 3 rings (SSSR count). The van der Waals surface area contributed by atoms with Gasteiger partial charge in [0.1, 0.15) is 6.04 Å². The van der Waals surface area contributed by atoms with Gasteiger partial charge in [-0.15, -0.1) is 0 Å². The molecule has 1 amide bonds. The highest BCUT2D eigenvalue weighted by atomic mass is 16.2. The molecule has 23 heavy (non-hydrogen) atoms. The number of amides is 1. The second-order valence-corrected chi connectivity index (χ2v) is 7.75. The zero-order chi connectivity index (χ0) is 16.4. The second kappa shape index (κ2) is 6.52. The summed E-state index contributed by atoms with van der Waals surface area (Å²) < 4.78 is 0. The Morgan fingerprint density at radius 2 is 1.96 bits per heavy atom. The van der Waals surface area contributed by atoms with Gasteiger partial charge in [0.15, 0.2) is 0 Å². The maximum Gasteiger partial charge on any atom is 0.245 e. The van der Waals surface area contributed by atoms with Crippen LogP contribution in [0.4, 0.5) is 5.69 Å². The molecule has 0 saturated carbocycles. The first-order valence-corrected chi connectivity index (χ1v) is 8.74. The number of anilines is 1. The summed E-state index contributed by atoms with van der Waals surface area (Å²) in [6.07, 6.45) is 3.26. The van der Waals surface area contributed by atoms with Gasteiger partial charge < -0.3 is 14.7 Å². The molecular formula is C19H29N3O. The minimum absolute atomic E-state index is 0.0378. The van der Waals surface area contributed by atoms with Gasteiger partial charge in [0.2, 0.25) is 5.91 Å². The van der Waals surface area contributed by atoms with Gasteiger partial charge in [-0.1, -0.05) is 25.1 Å². The molecule has 2 aliphatic rings. The third-order valence-electron chi connectivity index (χ3n) is 5.25. The molecule has 126 valence electrons. The highest BCUT2D eigenvalue weighted by molar-refractivity contribution is 5.86. The van der Waals surface area contributed by atoms with Crippen molar-refractivity contribution in [3.8, 4) is 0 Å².